The van der Waals surface area contributed by atoms with Gasteiger partial charge in [-0.15, -0.1) is 11.3 Å². The van der Waals surface area contributed by atoms with Gasteiger partial charge in [0, 0.05) is 4.88 Å². The van der Waals surface area contributed by atoms with Gasteiger partial charge in [0.1, 0.15) is 19.5 Å². The smallest absolute Gasteiger partial charge is 0.323 e. The molecular formula is C18H15N3O4S. The summed E-state index contributed by atoms with van der Waals surface area (Å²) in [5.41, 5.74) is 1.83. The van der Waals surface area contributed by atoms with Crippen LogP contribution in [0.5, 0.6) is 5.88 Å². The highest BCUT2D eigenvalue weighted by atomic mass is 32.1. The van der Waals surface area contributed by atoms with E-state index in [0.29, 0.717) is 6.61 Å². The molecule has 0 amide bonds. The summed E-state index contributed by atoms with van der Waals surface area (Å²) in [4.78, 5) is 28.5. The minimum atomic E-state index is -1.11. The summed E-state index contributed by atoms with van der Waals surface area (Å²) in [5, 5.41) is 14.1. The second-order valence-corrected chi connectivity index (χ2v) is 6.81. The number of thiophene rings is 1. The van der Waals surface area contributed by atoms with Crippen molar-refractivity contribution in [2.75, 3.05) is 11.9 Å². The fourth-order valence-electron chi connectivity index (χ4n) is 2.85. The van der Waals surface area contributed by atoms with E-state index in [0.717, 1.165) is 15.7 Å². The Balaban J connectivity index is 1.60. The Morgan fingerprint density at radius 2 is 2.15 bits per heavy atom. The first kappa shape index (κ1) is 16.3. The summed E-state index contributed by atoms with van der Waals surface area (Å²) in [6.07, 6.45) is 1.19. The van der Waals surface area contributed by atoms with Gasteiger partial charge in [0.2, 0.25) is 5.88 Å². The lowest BCUT2D eigenvalue weighted by Gasteiger charge is -2.26. The van der Waals surface area contributed by atoms with Crippen LogP contribution in [0.15, 0.2) is 52.9 Å². The number of benzene rings is 1. The molecule has 4 rings (SSSR count). The molecule has 8 heteroatoms. The highest BCUT2D eigenvalue weighted by Gasteiger charge is 2.25. The standard InChI is InChI=1S/C18H15N3O4S/c22-15(23)8-21-10-19-17-16(18(21)24)20-13(9-25-17)11-3-5-12(6-4-11)14-2-1-7-26-14/h1-7,10,13,20H,8-9H2,(H,22,23)/t13-/m0/s1. The maximum atomic E-state index is 12.5. The molecule has 0 radical (unpaired) electrons. The molecule has 0 spiro atoms. The van der Waals surface area contributed by atoms with Crippen LogP contribution in [0.2, 0.25) is 0 Å². The molecule has 1 aromatic carbocycles. The second kappa shape index (κ2) is 6.64. The molecular weight excluding hydrogens is 354 g/mol. The summed E-state index contributed by atoms with van der Waals surface area (Å²) in [6, 6.07) is 11.9. The molecule has 2 N–H and O–H groups in total. The van der Waals surface area contributed by atoms with Crippen molar-refractivity contribution in [3.63, 3.8) is 0 Å². The Morgan fingerprint density at radius 1 is 1.35 bits per heavy atom. The third-order valence-electron chi connectivity index (χ3n) is 4.13. The zero-order valence-corrected chi connectivity index (χ0v) is 14.4. The zero-order valence-electron chi connectivity index (χ0n) is 13.6. The molecule has 0 unspecified atom stereocenters. The van der Waals surface area contributed by atoms with Crippen molar-refractivity contribution in [3.8, 4) is 16.3 Å². The molecule has 132 valence electrons. The quantitative estimate of drug-likeness (QED) is 0.734. The van der Waals surface area contributed by atoms with E-state index in [4.69, 9.17) is 9.84 Å². The van der Waals surface area contributed by atoms with E-state index in [1.807, 2.05) is 35.7 Å². The lowest BCUT2D eigenvalue weighted by molar-refractivity contribution is -0.137. The van der Waals surface area contributed by atoms with Crippen LogP contribution in [0.3, 0.4) is 0 Å². The van der Waals surface area contributed by atoms with Crippen molar-refractivity contribution < 1.29 is 14.6 Å². The molecule has 0 saturated carbocycles. The number of aromatic nitrogens is 2. The number of carbonyl (C=O) groups is 1. The Hall–Kier alpha value is -3.13. The molecule has 2 aromatic heterocycles. The van der Waals surface area contributed by atoms with Gasteiger partial charge in [0.05, 0.1) is 6.04 Å². The van der Waals surface area contributed by atoms with Crippen LogP contribution < -0.4 is 15.6 Å². The average Bonchev–Trinajstić information content (AvgIpc) is 3.18. The van der Waals surface area contributed by atoms with Crippen LogP contribution in [0.1, 0.15) is 11.6 Å². The largest absolute Gasteiger partial charge is 0.480 e. The highest BCUT2D eigenvalue weighted by molar-refractivity contribution is 7.13. The van der Waals surface area contributed by atoms with E-state index in [9.17, 15) is 9.59 Å². The number of rotatable bonds is 4. The molecule has 0 saturated heterocycles. The van der Waals surface area contributed by atoms with Crippen LogP contribution >= 0.6 is 11.3 Å². The van der Waals surface area contributed by atoms with E-state index >= 15 is 0 Å². The van der Waals surface area contributed by atoms with Crippen molar-refractivity contribution in [2.24, 2.45) is 0 Å². The number of ether oxygens (including phenoxy) is 1. The minimum absolute atomic E-state index is 0.187. The molecule has 0 fully saturated rings. The van der Waals surface area contributed by atoms with Crippen molar-refractivity contribution in [3.05, 3.63) is 64.0 Å². The zero-order chi connectivity index (χ0) is 18.1. The number of nitrogens with zero attached hydrogens (tertiary/aromatic N) is 2. The predicted molar refractivity (Wildman–Crippen MR) is 97.7 cm³/mol. The fraction of sp³-hybridized carbons (Fsp3) is 0.167. The molecule has 1 aliphatic rings. The van der Waals surface area contributed by atoms with Gasteiger partial charge in [-0.1, -0.05) is 30.3 Å². The molecule has 3 aromatic rings. The van der Waals surface area contributed by atoms with Gasteiger partial charge < -0.3 is 15.2 Å². The van der Waals surface area contributed by atoms with E-state index in [1.165, 1.54) is 11.2 Å². The number of carboxylic acid groups (broad SMARTS) is 1. The van der Waals surface area contributed by atoms with Crippen LogP contribution in [0.4, 0.5) is 5.69 Å². The Bertz CT molecular complexity index is 996. The summed E-state index contributed by atoms with van der Waals surface area (Å²) in [5.74, 6) is -0.908. The third-order valence-corrected chi connectivity index (χ3v) is 5.05. The average molecular weight is 369 g/mol. The topological polar surface area (TPSA) is 93.5 Å². The maximum absolute atomic E-state index is 12.5. The van der Waals surface area contributed by atoms with Gasteiger partial charge in [-0.2, -0.15) is 0 Å². The highest BCUT2D eigenvalue weighted by Crippen LogP contribution is 2.31. The second-order valence-electron chi connectivity index (χ2n) is 5.86. The normalized spacial score (nSPS) is 15.6. The SMILES string of the molecule is O=C(O)Cn1cnc2c(c1=O)N[C@H](c1ccc(-c3cccs3)cc1)CO2. The first-order chi connectivity index (χ1) is 12.6. The first-order valence-corrected chi connectivity index (χ1v) is 8.84. The van der Waals surface area contributed by atoms with Crippen LogP contribution in [-0.4, -0.2) is 27.2 Å². The number of carboxylic acids is 1. The Morgan fingerprint density at radius 3 is 2.85 bits per heavy atom. The summed E-state index contributed by atoms with van der Waals surface area (Å²) in [7, 11) is 0. The van der Waals surface area contributed by atoms with Gasteiger partial charge in [0.15, 0.2) is 5.69 Å². The Labute approximate surface area is 152 Å². The van der Waals surface area contributed by atoms with Gasteiger partial charge in [-0.25, -0.2) is 4.98 Å². The fourth-order valence-corrected chi connectivity index (χ4v) is 3.58. The summed E-state index contributed by atoms with van der Waals surface area (Å²) in [6.45, 7) is -0.109. The van der Waals surface area contributed by atoms with Crippen molar-refractivity contribution >= 4 is 23.0 Å². The predicted octanol–water partition coefficient (Wildman–Crippen LogP) is 2.60. The minimum Gasteiger partial charge on any atom is -0.480 e. The number of hydrogen-bond donors (Lipinski definition) is 2. The van der Waals surface area contributed by atoms with Crippen molar-refractivity contribution in [2.45, 2.75) is 12.6 Å². The van der Waals surface area contributed by atoms with E-state index < -0.39 is 18.1 Å². The number of anilines is 1. The molecule has 3 heterocycles. The van der Waals surface area contributed by atoms with E-state index in [2.05, 4.69) is 16.4 Å². The summed E-state index contributed by atoms with van der Waals surface area (Å²) < 4.78 is 6.64. The summed E-state index contributed by atoms with van der Waals surface area (Å²) >= 11 is 1.68. The van der Waals surface area contributed by atoms with Crippen LogP contribution in [0.25, 0.3) is 10.4 Å². The number of nitrogens with one attached hydrogen (secondary N) is 1. The van der Waals surface area contributed by atoms with Gasteiger partial charge in [-0.05, 0) is 22.6 Å². The lowest BCUT2D eigenvalue weighted by atomic mass is 10.0. The molecule has 1 aliphatic heterocycles. The van der Waals surface area contributed by atoms with E-state index in [-0.39, 0.29) is 17.6 Å². The van der Waals surface area contributed by atoms with E-state index in [1.54, 1.807) is 11.3 Å². The van der Waals surface area contributed by atoms with Gasteiger partial charge >= 0.3 is 5.97 Å². The lowest BCUT2D eigenvalue weighted by Crippen LogP contribution is -2.33. The molecule has 0 bridgehead atoms. The monoisotopic (exact) mass is 369 g/mol. The molecule has 26 heavy (non-hydrogen) atoms. The Kier molecular flexibility index (Phi) is 4.18. The third kappa shape index (κ3) is 3.06. The number of fused-ring (bicyclic) bond motifs is 1. The van der Waals surface area contributed by atoms with Crippen molar-refractivity contribution in [1.82, 2.24) is 9.55 Å². The van der Waals surface area contributed by atoms with Crippen LogP contribution in [0, 0.1) is 0 Å². The molecule has 0 aliphatic carbocycles. The van der Waals surface area contributed by atoms with Crippen molar-refractivity contribution in [1.29, 1.82) is 0 Å². The van der Waals surface area contributed by atoms with Gasteiger partial charge in [-0.3, -0.25) is 14.2 Å². The molecule has 1 atom stereocenters. The number of aliphatic carboxylic acids is 1. The van der Waals surface area contributed by atoms with Crippen LogP contribution in [-0.2, 0) is 11.3 Å². The van der Waals surface area contributed by atoms with Gasteiger partial charge in [0.25, 0.3) is 5.56 Å². The first-order valence-electron chi connectivity index (χ1n) is 7.96. The number of hydrogen-bond acceptors (Lipinski definition) is 6. The molecule has 7 nitrogen and oxygen atoms in total. The maximum Gasteiger partial charge on any atom is 0.323 e.